The minimum absolute atomic E-state index is 0.0775. The molecule has 0 bridgehead atoms. The monoisotopic (exact) mass is 240 g/mol. The van der Waals surface area contributed by atoms with Gasteiger partial charge in [0.2, 0.25) is 5.91 Å². The Bertz CT molecular complexity index is 298. The average Bonchev–Trinajstić information content (AvgIpc) is 2.79. The number of amides is 1. The number of rotatable bonds is 7. The van der Waals surface area contributed by atoms with Gasteiger partial charge >= 0.3 is 0 Å². The minimum Gasteiger partial charge on any atom is -0.347 e. The highest BCUT2D eigenvalue weighted by Gasteiger charge is 2.12. The fourth-order valence-corrected chi connectivity index (χ4v) is 2.35. The fourth-order valence-electron chi connectivity index (χ4n) is 1.49. The molecule has 1 rings (SSSR count). The van der Waals surface area contributed by atoms with Crippen molar-refractivity contribution in [2.24, 2.45) is 0 Å². The largest absolute Gasteiger partial charge is 0.347 e. The van der Waals surface area contributed by atoms with Gasteiger partial charge < -0.3 is 10.6 Å². The van der Waals surface area contributed by atoms with Crippen molar-refractivity contribution in [1.29, 1.82) is 0 Å². The molecule has 0 aliphatic carbocycles. The Hall–Kier alpha value is -0.870. The lowest BCUT2D eigenvalue weighted by molar-refractivity contribution is -0.121. The Morgan fingerprint density at radius 3 is 2.88 bits per heavy atom. The molecule has 1 amide bonds. The van der Waals surface area contributed by atoms with Crippen LogP contribution < -0.4 is 10.6 Å². The van der Waals surface area contributed by atoms with Crippen molar-refractivity contribution in [2.75, 3.05) is 13.1 Å². The number of hydrogen-bond acceptors (Lipinski definition) is 3. The molecule has 3 nitrogen and oxygen atoms in total. The molecule has 0 fully saturated rings. The van der Waals surface area contributed by atoms with E-state index in [1.807, 2.05) is 11.4 Å². The molecule has 2 N–H and O–H groups in total. The van der Waals surface area contributed by atoms with E-state index in [1.165, 1.54) is 4.88 Å². The van der Waals surface area contributed by atoms with Crippen LogP contribution in [0.3, 0.4) is 0 Å². The van der Waals surface area contributed by atoms with E-state index in [0.717, 1.165) is 19.4 Å². The van der Waals surface area contributed by atoms with E-state index in [-0.39, 0.29) is 11.9 Å². The third kappa shape index (κ3) is 4.33. The standard InChI is InChI=1S/C12H20N2OS/c1-3-7-13-9-12(15)14-10(4-2)11-6-5-8-16-11/h5-6,8,10,13H,3-4,7,9H2,1-2H3,(H,14,15). The molecule has 16 heavy (non-hydrogen) atoms. The Morgan fingerprint density at radius 1 is 1.50 bits per heavy atom. The van der Waals surface area contributed by atoms with E-state index in [9.17, 15) is 4.79 Å². The summed E-state index contributed by atoms with van der Waals surface area (Å²) in [4.78, 5) is 12.8. The highest BCUT2D eigenvalue weighted by Crippen LogP contribution is 2.21. The van der Waals surface area contributed by atoms with Crippen LogP contribution >= 0.6 is 11.3 Å². The maximum Gasteiger partial charge on any atom is 0.234 e. The summed E-state index contributed by atoms with van der Waals surface area (Å²) in [6.07, 6.45) is 1.98. The molecule has 0 aromatic carbocycles. The zero-order chi connectivity index (χ0) is 11.8. The van der Waals surface area contributed by atoms with Gasteiger partial charge in [-0.25, -0.2) is 0 Å². The topological polar surface area (TPSA) is 41.1 Å². The molecule has 0 aliphatic rings. The third-order valence-corrected chi connectivity index (χ3v) is 3.33. The molecule has 4 heteroatoms. The summed E-state index contributed by atoms with van der Waals surface area (Å²) in [5, 5.41) is 8.18. The first-order valence-electron chi connectivity index (χ1n) is 5.81. The first-order chi connectivity index (χ1) is 7.77. The minimum atomic E-state index is 0.0775. The summed E-state index contributed by atoms with van der Waals surface area (Å²) in [6, 6.07) is 4.25. The van der Waals surface area contributed by atoms with Gasteiger partial charge in [0.25, 0.3) is 0 Å². The predicted molar refractivity (Wildman–Crippen MR) is 68.7 cm³/mol. The lowest BCUT2D eigenvalue weighted by atomic mass is 10.2. The van der Waals surface area contributed by atoms with E-state index >= 15 is 0 Å². The maximum absolute atomic E-state index is 11.6. The quantitative estimate of drug-likeness (QED) is 0.718. The number of hydrogen-bond donors (Lipinski definition) is 2. The molecule has 1 unspecified atom stereocenters. The Morgan fingerprint density at radius 2 is 2.31 bits per heavy atom. The second-order valence-corrected chi connectivity index (χ2v) is 4.70. The van der Waals surface area contributed by atoms with Crippen LogP contribution in [0, 0.1) is 0 Å². The van der Waals surface area contributed by atoms with Crippen molar-refractivity contribution >= 4 is 17.2 Å². The van der Waals surface area contributed by atoms with Crippen LogP contribution in [-0.4, -0.2) is 19.0 Å². The van der Waals surface area contributed by atoms with Gasteiger partial charge in [-0.1, -0.05) is 19.9 Å². The highest BCUT2D eigenvalue weighted by molar-refractivity contribution is 7.10. The molecule has 0 radical (unpaired) electrons. The van der Waals surface area contributed by atoms with Crippen molar-refractivity contribution in [3.05, 3.63) is 22.4 Å². The molecule has 1 heterocycles. The van der Waals surface area contributed by atoms with Gasteiger partial charge in [0.05, 0.1) is 12.6 Å². The molecule has 1 atom stereocenters. The number of nitrogens with one attached hydrogen (secondary N) is 2. The van der Waals surface area contributed by atoms with Gasteiger partial charge in [0.15, 0.2) is 0 Å². The second kappa shape index (κ2) is 7.41. The summed E-state index contributed by atoms with van der Waals surface area (Å²) in [5.74, 6) is 0.0775. The smallest absolute Gasteiger partial charge is 0.234 e. The summed E-state index contributed by atoms with van der Waals surface area (Å²) in [7, 11) is 0. The molecule has 0 spiro atoms. The SMILES string of the molecule is CCCNCC(=O)NC(CC)c1cccs1. The molecular formula is C12H20N2OS. The molecule has 90 valence electrons. The van der Waals surface area contributed by atoms with Crippen LogP contribution in [0.25, 0.3) is 0 Å². The summed E-state index contributed by atoms with van der Waals surface area (Å²) < 4.78 is 0. The second-order valence-electron chi connectivity index (χ2n) is 3.72. The van der Waals surface area contributed by atoms with Crippen LogP contribution in [0.4, 0.5) is 0 Å². The predicted octanol–water partition coefficient (Wildman–Crippen LogP) is 2.31. The zero-order valence-corrected chi connectivity index (χ0v) is 10.8. The first-order valence-corrected chi connectivity index (χ1v) is 6.69. The first kappa shape index (κ1) is 13.2. The van der Waals surface area contributed by atoms with Crippen LogP contribution in [0.1, 0.15) is 37.6 Å². The van der Waals surface area contributed by atoms with Crippen molar-refractivity contribution in [3.8, 4) is 0 Å². The fraction of sp³-hybridized carbons (Fsp3) is 0.583. The normalized spacial score (nSPS) is 12.4. The van der Waals surface area contributed by atoms with E-state index in [4.69, 9.17) is 0 Å². The lowest BCUT2D eigenvalue weighted by Crippen LogP contribution is -2.36. The van der Waals surface area contributed by atoms with Crippen molar-refractivity contribution in [3.63, 3.8) is 0 Å². The number of carbonyl (C=O) groups excluding carboxylic acids is 1. The van der Waals surface area contributed by atoms with Gasteiger partial charge in [-0.2, -0.15) is 0 Å². The van der Waals surface area contributed by atoms with Gasteiger partial charge in [-0.15, -0.1) is 11.3 Å². The van der Waals surface area contributed by atoms with Crippen molar-refractivity contribution in [2.45, 2.75) is 32.7 Å². The van der Waals surface area contributed by atoms with Gasteiger partial charge in [0.1, 0.15) is 0 Å². The molecular weight excluding hydrogens is 220 g/mol. The van der Waals surface area contributed by atoms with Gasteiger partial charge in [0, 0.05) is 4.88 Å². The van der Waals surface area contributed by atoms with Crippen LogP contribution in [0.2, 0.25) is 0 Å². The Balaban J connectivity index is 2.36. The van der Waals surface area contributed by atoms with E-state index in [1.54, 1.807) is 11.3 Å². The van der Waals surface area contributed by atoms with Crippen LogP contribution in [0.5, 0.6) is 0 Å². The van der Waals surface area contributed by atoms with Gasteiger partial charge in [-0.05, 0) is 30.8 Å². The van der Waals surface area contributed by atoms with Crippen molar-refractivity contribution in [1.82, 2.24) is 10.6 Å². The van der Waals surface area contributed by atoms with Crippen LogP contribution in [-0.2, 0) is 4.79 Å². The summed E-state index contributed by atoms with van der Waals surface area (Å²) >= 11 is 1.69. The van der Waals surface area contributed by atoms with E-state index < -0.39 is 0 Å². The summed E-state index contributed by atoms with van der Waals surface area (Å²) in [5.41, 5.74) is 0. The molecule has 0 saturated carbocycles. The maximum atomic E-state index is 11.6. The number of thiophene rings is 1. The van der Waals surface area contributed by atoms with E-state index in [0.29, 0.717) is 6.54 Å². The third-order valence-electron chi connectivity index (χ3n) is 2.34. The number of carbonyl (C=O) groups is 1. The Labute approximate surface area is 101 Å². The van der Waals surface area contributed by atoms with E-state index in [2.05, 4.69) is 30.5 Å². The molecule has 0 saturated heterocycles. The summed E-state index contributed by atoms with van der Waals surface area (Å²) in [6.45, 7) is 5.48. The lowest BCUT2D eigenvalue weighted by Gasteiger charge is -2.15. The highest BCUT2D eigenvalue weighted by atomic mass is 32.1. The Kier molecular flexibility index (Phi) is 6.11. The average molecular weight is 240 g/mol. The molecule has 0 aliphatic heterocycles. The van der Waals surface area contributed by atoms with Crippen molar-refractivity contribution < 1.29 is 4.79 Å². The molecule has 1 aromatic rings. The van der Waals surface area contributed by atoms with Gasteiger partial charge in [-0.3, -0.25) is 4.79 Å². The van der Waals surface area contributed by atoms with Crippen LogP contribution in [0.15, 0.2) is 17.5 Å². The zero-order valence-electron chi connectivity index (χ0n) is 9.95. The molecule has 1 aromatic heterocycles.